The van der Waals surface area contributed by atoms with E-state index in [4.69, 9.17) is 9.47 Å². The van der Waals surface area contributed by atoms with Gasteiger partial charge in [-0.25, -0.2) is 4.39 Å². The molecule has 3 rings (SSSR count). The van der Waals surface area contributed by atoms with Gasteiger partial charge in [-0.05, 0) is 24.3 Å². The maximum absolute atomic E-state index is 13.5. The van der Waals surface area contributed by atoms with Crippen LogP contribution in [0.3, 0.4) is 0 Å². The number of rotatable bonds is 4. The van der Waals surface area contributed by atoms with Crippen molar-refractivity contribution in [3.63, 3.8) is 0 Å². The van der Waals surface area contributed by atoms with Gasteiger partial charge in [0.1, 0.15) is 11.4 Å². The van der Waals surface area contributed by atoms with E-state index in [2.05, 4.69) is 5.32 Å². The van der Waals surface area contributed by atoms with Crippen molar-refractivity contribution in [2.45, 2.75) is 0 Å². The molecule has 0 saturated heterocycles. The van der Waals surface area contributed by atoms with Gasteiger partial charge in [-0.15, -0.1) is 0 Å². The molecule has 0 saturated carbocycles. The topological polar surface area (TPSA) is 67.9 Å². The number of amides is 2. The Morgan fingerprint density at radius 2 is 2.08 bits per heavy atom. The summed E-state index contributed by atoms with van der Waals surface area (Å²) in [5, 5.41) is 2.65. The molecule has 0 aromatic heterocycles. The summed E-state index contributed by atoms with van der Waals surface area (Å²) in [6.45, 7) is -0.402. The Bertz CT molecular complexity index is 794. The number of nitrogens with zero attached hydrogens (tertiary/aromatic N) is 1. The number of carbonyl (C=O) groups excluding carboxylic acids is 2. The monoisotopic (exact) mass is 330 g/mol. The summed E-state index contributed by atoms with van der Waals surface area (Å²) < 4.78 is 24.0. The van der Waals surface area contributed by atoms with Gasteiger partial charge in [0, 0.05) is 7.05 Å². The van der Waals surface area contributed by atoms with Crippen LogP contribution < -0.4 is 19.7 Å². The molecule has 1 aliphatic rings. The minimum atomic E-state index is -0.541. The molecule has 0 spiro atoms. The van der Waals surface area contributed by atoms with Crippen molar-refractivity contribution >= 4 is 23.2 Å². The quantitative estimate of drug-likeness (QED) is 0.933. The molecule has 2 amide bonds. The highest BCUT2D eigenvalue weighted by Gasteiger charge is 2.25. The number of hydrogen-bond donors (Lipinski definition) is 1. The molecule has 1 aliphatic heterocycles. The molecular formula is C17H15FN2O4. The van der Waals surface area contributed by atoms with Gasteiger partial charge in [-0.3, -0.25) is 9.59 Å². The van der Waals surface area contributed by atoms with Crippen molar-refractivity contribution in [3.8, 4) is 11.5 Å². The number of fused-ring (bicyclic) bond motifs is 1. The Balaban J connectivity index is 1.71. The van der Waals surface area contributed by atoms with E-state index in [0.717, 1.165) is 0 Å². The van der Waals surface area contributed by atoms with Crippen molar-refractivity contribution in [3.05, 3.63) is 48.3 Å². The minimum absolute atomic E-state index is 0.00151. The normalized spacial score (nSPS) is 13.1. The lowest BCUT2D eigenvalue weighted by molar-refractivity contribution is -0.121. The molecule has 0 radical (unpaired) electrons. The number of carbonyl (C=O) groups is 2. The first-order valence-electron chi connectivity index (χ1n) is 7.26. The maximum Gasteiger partial charge on any atom is 0.264 e. The SMILES string of the molecule is CN1C(=O)COc2cccc(NC(=O)COc3ccccc3F)c21. The number of likely N-dealkylation sites (N-methyl/N-ethyl adjacent to an activating group) is 1. The molecular weight excluding hydrogens is 315 g/mol. The van der Waals surface area contributed by atoms with Crippen molar-refractivity contribution in [2.75, 3.05) is 30.5 Å². The van der Waals surface area contributed by atoms with Crippen molar-refractivity contribution in [1.82, 2.24) is 0 Å². The lowest BCUT2D eigenvalue weighted by Gasteiger charge is -2.28. The number of anilines is 2. The van der Waals surface area contributed by atoms with Gasteiger partial charge in [-0.1, -0.05) is 18.2 Å². The average Bonchev–Trinajstić information content (AvgIpc) is 2.57. The molecule has 1 N–H and O–H groups in total. The first kappa shape index (κ1) is 15.8. The summed E-state index contributed by atoms with van der Waals surface area (Å²) in [7, 11) is 1.61. The van der Waals surface area contributed by atoms with Crippen molar-refractivity contribution in [2.24, 2.45) is 0 Å². The number of ether oxygens (including phenoxy) is 2. The second kappa shape index (κ2) is 6.57. The van der Waals surface area contributed by atoms with E-state index < -0.39 is 11.7 Å². The molecule has 7 heteroatoms. The largest absolute Gasteiger partial charge is 0.481 e. The van der Waals surface area contributed by atoms with Crippen LogP contribution in [-0.4, -0.2) is 32.1 Å². The van der Waals surface area contributed by atoms with Crippen molar-refractivity contribution in [1.29, 1.82) is 0 Å². The van der Waals surface area contributed by atoms with Crippen LogP contribution in [0.1, 0.15) is 0 Å². The Labute approximate surface area is 137 Å². The van der Waals surface area contributed by atoms with Gasteiger partial charge in [-0.2, -0.15) is 0 Å². The van der Waals surface area contributed by atoms with Crippen LogP contribution >= 0.6 is 0 Å². The third kappa shape index (κ3) is 3.15. The summed E-state index contributed by atoms with van der Waals surface area (Å²) in [6, 6.07) is 10.9. The molecule has 2 aromatic carbocycles. The van der Waals surface area contributed by atoms with E-state index in [1.807, 2.05) is 0 Å². The fraction of sp³-hybridized carbons (Fsp3) is 0.176. The number of benzene rings is 2. The highest BCUT2D eigenvalue weighted by molar-refractivity contribution is 6.04. The molecule has 124 valence electrons. The second-order valence-corrected chi connectivity index (χ2v) is 5.16. The van der Waals surface area contributed by atoms with Gasteiger partial charge in [0.25, 0.3) is 11.8 Å². The molecule has 0 atom stereocenters. The summed E-state index contributed by atoms with van der Waals surface area (Å²) in [5.74, 6) is -0.728. The summed E-state index contributed by atoms with van der Waals surface area (Å²) >= 11 is 0. The van der Waals surface area contributed by atoms with E-state index in [1.54, 1.807) is 31.3 Å². The van der Waals surface area contributed by atoms with Gasteiger partial charge in [0.05, 0.1) is 5.69 Å². The van der Waals surface area contributed by atoms with E-state index in [9.17, 15) is 14.0 Å². The van der Waals surface area contributed by atoms with Gasteiger partial charge in [0.15, 0.2) is 24.8 Å². The van der Waals surface area contributed by atoms with E-state index in [0.29, 0.717) is 17.1 Å². The number of halogens is 1. The second-order valence-electron chi connectivity index (χ2n) is 5.16. The van der Waals surface area contributed by atoms with Crippen LogP contribution in [0.5, 0.6) is 11.5 Å². The van der Waals surface area contributed by atoms with Crippen LogP contribution in [0.2, 0.25) is 0 Å². The van der Waals surface area contributed by atoms with Crippen LogP contribution in [0.4, 0.5) is 15.8 Å². The first-order valence-corrected chi connectivity index (χ1v) is 7.26. The Kier molecular flexibility index (Phi) is 4.33. The van der Waals surface area contributed by atoms with Crippen LogP contribution in [-0.2, 0) is 9.59 Å². The fourth-order valence-electron chi connectivity index (χ4n) is 2.34. The predicted octanol–water partition coefficient (Wildman–Crippen LogP) is 2.20. The molecule has 1 heterocycles. The number of para-hydroxylation sites is 2. The molecule has 0 fully saturated rings. The van der Waals surface area contributed by atoms with Gasteiger partial charge in [0.2, 0.25) is 0 Å². The van der Waals surface area contributed by atoms with Crippen LogP contribution in [0.15, 0.2) is 42.5 Å². The number of nitrogens with one attached hydrogen (secondary N) is 1. The fourth-order valence-corrected chi connectivity index (χ4v) is 2.34. The molecule has 0 aliphatic carbocycles. The minimum Gasteiger partial charge on any atom is -0.481 e. The van der Waals surface area contributed by atoms with E-state index in [-0.39, 0.29) is 24.9 Å². The third-order valence-corrected chi connectivity index (χ3v) is 3.53. The van der Waals surface area contributed by atoms with Gasteiger partial charge < -0.3 is 19.7 Å². The molecule has 6 nitrogen and oxygen atoms in total. The third-order valence-electron chi connectivity index (χ3n) is 3.53. The first-order chi connectivity index (χ1) is 11.6. The smallest absolute Gasteiger partial charge is 0.264 e. The van der Waals surface area contributed by atoms with Gasteiger partial charge >= 0.3 is 0 Å². The highest BCUT2D eigenvalue weighted by Crippen LogP contribution is 2.37. The molecule has 0 unspecified atom stereocenters. The Hall–Kier alpha value is -3.09. The predicted molar refractivity (Wildman–Crippen MR) is 85.9 cm³/mol. The lowest BCUT2D eigenvalue weighted by atomic mass is 10.2. The van der Waals surface area contributed by atoms with Crippen molar-refractivity contribution < 1.29 is 23.5 Å². The lowest BCUT2D eigenvalue weighted by Crippen LogP contribution is -2.36. The zero-order valence-electron chi connectivity index (χ0n) is 12.9. The molecule has 0 bridgehead atoms. The van der Waals surface area contributed by atoms with Crippen LogP contribution in [0, 0.1) is 5.82 Å². The Morgan fingerprint density at radius 3 is 2.88 bits per heavy atom. The highest BCUT2D eigenvalue weighted by atomic mass is 19.1. The molecule has 24 heavy (non-hydrogen) atoms. The zero-order valence-corrected chi connectivity index (χ0v) is 12.9. The average molecular weight is 330 g/mol. The summed E-state index contributed by atoms with van der Waals surface area (Å²) in [5.41, 5.74) is 0.901. The van der Waals surface area contributed by atoms with E-state index in [1.165, 1.54) is 23.1 Å². The number of hydrogen-bond acceptors (Lipinski definition) is 4. The molecule has 2 aromatic rings. The standard InChI is InChI=1S/C17H15FN2O4/c1-20-16(22)10-24-14-8-4-6-12(17(14)20)19-15(21)9-23-13-7-3-2-5-11(13)18/h2-8H,9-10H2,1H3,(H,19,21). The Morgan fingerprint density at radius 1 is 1.29 bits per heavy atom. The maximum atomic E-state index is 13.5. The van der Waals surface area contributed by atoms with E-state index >= 15 is 0 Å². The summed E-state index contributed by atoms with van der Waals surface area (Å²) in [6.07, 6.45) is 0. The zero-order chi connectivity index (χ0) is 17.1. The summed E-state index contributed by atoms with van der Waals surface area (Å²) in [4.78, 5) is 25.3. The van der Waals surface area contributed by atoms with Crippen LogP contribution in [0.25, 0.3) is 0 Å².